The maximum Gasteiger partial charge on any atom is 0.221 e. The minimum Gasteiger partial charge on any atom is -0.504 e. The smallest absolute Gasteiger partial charge is 0.221 e. The first-order valence-electron chi connectivity index (χ1n) is 10.6. The van der Waals surface area contributed by atoms with Crippen LogP contribution in [0.2, 0.25) is 0 Å². The van der Waals surface area contributed by atoms with Crippen LogP contribution in [0.5, 0.6) is 17.2 Å². The molecule has 0 bridgehead atoms. The highest BCUT2D eigenvalue weighted by Gasteiger charge is 2.27. The standard InChI is InChI=1S/C26H24N2O3/c1-16(29)28-22-7-3-2-5-19(22)18-9-10-20-24(15-18)31-26-21(6-4-8-23(26)30)25(20)17-11-13-27-14-12-17/h2-10,15,27,30H,11-14H2,1H3,(H,28,29). The van der Waals surface area contributed by atoms with Crippen molar-refractivity contribution in [2.75, 3.05) is 18.4 Å². The molecule has 5 nitrogen and oxygen atoms in total. The van der Waals surface area contributed by atoms with Crippen LogP contribution in [-0.2, 0) is 4.79 Å². The van der Waals surface area contributed by atoms with Crippen molar-refractivity contribution in [2.24, 2.45) is 0 Å². The van der Waals surface area contributed by atoms with E-state index in [0.717, 1.165) is 59.4 Å². The summed E-state index contributed by atoms with van der Waals surface area (Å²) in [6.45, 7) is 3.40. The Bertz CT molecular complexity index is 1210. The number of fused-ring (bicyclic) bond motifs is 2. The molecule has 3 N–H and O–H groups in total. The third kappa shape index (κ3) is 3.57. The second-order valence-electron chi connectivity index (χ2n) is 7.92. The first kappa shape index (κ1) is 19.4. The molecule has 1 amide bonds. The van der Waals surface area contributed by atoms with Crippen LogP contribution in [0.15, 0.2) is 66.2 Å². The van der Waals surface area contributed by atoms with E-state index in [1.807, 2.05) is 42.5 Å². The average molecular weight is 412 g/mol. The van der Waals surface area contributed by atoms with Gasteiger partial charge in [0.1, 0.15) is 5.75 Å². The summed E-state index contributed by atoms with van der Waals surface area (Å²) < 4.78 is 6.23. The normalized spacial score (nSPS) is 15.0. The van der Waals surface area contributed by atoms with Gasteiger partial charge in [-0.1, -0.05) is 42.0 Å². The Balaban J connectivity index is 1.67. The molecule has 156 valence electrons. The van der Waals surface area contributed by atoms with E-state index in [2.05, 4.69) is 22.8 Å². The largest absolute Gasteiger partial charge is 0.504 e. The van der Waals surface area contributed by atoms with Gasteiger partial charge in [-0.25, -0.2) is 0 Å². The molecule has 5 heteroatoms. The number of nitrogens with one attached hydrogen (secondary N) is 2. The first-order valence-corrected chi connectivity index (χ1v) is 10.6. The second kappa shape index (κ2) is 7.93. The maximum absolute atomic E-state index is 11.6. The van der Waals surface area contributed by atoms with Gasteiger partial charge in [-0.3, -0.25) is 4.79 Å². The van der Waals surface area contributed by atoms with Crippen LogP contribution in [0.25, 0.3) is 16.7 Å². The van der Waals surface area contributed by atoms with Crippen molar-refractivity contribution in [3.05, 3.63) is 77.4 Å². The van der Waals surface area contributed by atoms with Crippen LogP contribution in [0, 0.1) is 0 Å². The van der Waals surface area contributed by atoms with Crippen molar-refractivity contribution in [1.82, 2.24) is 5.32 Å². The number of aromatic hydroxyl groups is 1. The molecular formula is C26H24N2O3. The molecule has 2 aliphatic rings. The van der Waals surface area contributed by atoms with Crippen molar-refractivity contribution in [1.29, 1.82) is 0 Å². The number of hydrogen-bond donors (Lipinski definition) is 3. The summed E-state index contributed by atoms with van der Waals surface area (Å²) in [7, 11) is 0. The zero-order valence-corrected chi connectivity index (χ0v) is 17.4. The lowest BCUT2D eigenvalue weighted by Crippen LogP contribution is -2.24. The summed E-state index contributed by atoms with van der Waals surface area (Å²) in [6.07, 6.45) is 1.94. The highest BCUT2D eigenvalue weighted by molar-refractivity contribution is 5.96. The van der Waals surface area contributed by atoms with Gasteiger partial charge in [-0.2, -0.15) is 0 Å². The number of piperidine rings is 1. The fourth-order valence-electron chi connectivity index (χ4n) is 4.46. The Hall–Kier alpha value is -3.57. The first-order chi connectivity index (χ1) is 15.1. The lowest BCUT2D eigenvalue weighted by Gasteiger charge is -2.28. The average Bonchev–Trinajstić information content (AvgIpc) is 2.78. The van der Waals surface area contributed by atoms with Gasteiger partial charge in [-0.05, 0) is 61.3 Å². The van der Waals surface area contributed by atoms with E-state index in [1.54, 1.807) is 6.07 Å². The zero-order chi connectivity index (χ0) is 21.4. The predicted molar refractivity (Wildman–Crippen MR) is 122 cm³/mol. The van der Waals surface area contributed by atoms with E-state index in [-0.39, 0.29) is 11.7 Å². The van der Waals surface area contributed by atoms with Gasteiger partial charge in [-0.15, -0.1) is 0 Å². The monoisotopic (exact) mass is 412 g/mol. The molecule has 2 aliphatic heterocycles. The molecule has 1 fully saturated rings. The summed E-state index contributed by atoms with van der Waals surface area (Å²) in [4.78, 5) is 11.6. The molecule has 0 saturated carbocycles. The molecule has 1 saturated heterocycles. The molecule has 3 aromatic carbocycles. The van der Waals surface area contributed by atoms with Crippen molar-refractivity contribution < 1.29 is 14.6 Å². The lowest BCUT2D eigenvalue weighted by atomic mass is 9.85. The van der Waals surface area contributed by atoms with E-state index in [0.29, 0.717) is 11.5 Å². The summed E-state index contributed by atoms with van der Waals surface area (Å²) in [6, 6.07) is 19.4. The number of hydrogen-bond acceptors (Lipinski definition) is 4. The van der Waals surface area contributed by atoms with Gasteiger partial charge < -0.3 is 20.5 Å². The second-order valence-corrected chi connectivity index (χ2v) is 7.92. The van der Waals surface area contributed by atoms with Crippen molar-refractivity contribution in [3.8, 4) is 28.4 Å². The van der Waals surface area contributed by atoms with Crippen molar-refractivity contribution in [3.63, 3.8) is 0 Å². The molecule has 0 spiro atoms. The molecule has 0 aliphatic carbocycles. The van der Waals surface area contributed by atoms with Crippen LogP contribution >= 0.6 is 0 Å². The molecule has 0 atom stereocenters. The third-order valence-corrected chi connectivity index (χ3v) is 5.84. The van der Waals surface area contributed by atoms with E-state index >= 15 is 0 Å². The van der Waals surface area contributed by atoms with E-state index in [1.165, 1.54) is 12.5 Å². The topological polar surface area (TPSA) is 70.6 Å². The van der Waals surface area contributed by atoms with Gasteiger partial charge in [0.05, 0.1) is 0 Å². The number of rotatable bonds is 2. The van der Waals surface area contributed by atoms with E-state index in [9.17, 15) is 9.90 Å². The van der Waals surface area contributed by atoms with Gasteiger partial charge in [0.25, 0.3) is 0 Å². The third-order valence-electron chi connectivity index (χ3n) is 5.84. The van der Waals surface area contributed by atoms with Gasteiger partial charge in [0.15, 0.2) is 11.5 Å². The molecule has 31 heavy (non-hydrogen) atoms. The number of benzene rings is 3. The highest BCUT2D eigenvalue weighted by atomic mass is 16.5. The Morgan fingerprint density at radius 2 is 1.74 bits per heavy atom. The number of carbonyl (C=O) groups excluding carboxylic acids is 1. The Kier molecular flexibility index (Phi) is 4.96. The maximum atomic E-state index is 11.6. The molecule has 0 aromatic heterocycles. The summed E-state index contributed by atoms with van der Waals surface area (Å²) in [5.41, 5.74) is 7.13. The predicted octanol–water partition coefficient (Wildman–Crippen LogP) is 5.31. The number of ether oxygens (including phenoxy) is 1. The minimum atomic E-state index is -0.113. The molecule has 0 unspecified atom stereocenters. The van der Waals surface area contributed by atoms with Crippen molar-refractivity contribution >= 4 is 17.2 Å². The quantitative estimate of drug-likeness (QED) is 0.417. The number of phenols is 1. The van der Waals surface area contributed by atoms with Gasteiger partial charge >= 0.3 is 0 Å². The Morgan fingerprint density at radius 3 is 2.55 bits per heavy atom. The van der Waals surface area contributed by atoms with Crippen LogP contribution in [0.4, 0.5) is 5.69 Å². The number of phenolic OH excluding ortho intramolecular Hbond substituents is 1. The summed E-state index contributed by atoms with van der Waals surface area (Å²) >= 11 is 0. The Labute approximate surface area is 181 Å². The van der Waals surface area contributed by atoms with Crippen LogP contribution < -0.4 is 15.4 Å². The summed E-state index contributed by atoms with van der Waals surface area (Å²) in [5.74, 6) is 1.24. The van der Waals surface area contributed by atoms with Gasteiger partial charge in [0, 0.05) is 29.3 Å². The zero-order valence-electron chi connectivity index (χ0n) is 17.4. The van der Waals surface area contributed by atoms with Gasteiger partial charge in [0.2, 0.25) is 5.91 Å². The van der Waals surface area contributed by atoms with Crippen LogP contribution in [0.3, 0.4) is 0 Å². The minimum absolute atomic E-state index is 0.113. The van der Waals surface area contributed by atoms with E-state index in [4.69, 9.17) is 4.74 Å². The molecule has 0 radical (unpaired) electrons. The van der Waals surface area contributed by atoms with Crippen molar-refractivity contribution in [2.45, 2.75) is 19.8 Å². The number of para-hydroxylation sites is 2. The molecular weight excluding hydrogens is 388 g/mol. The molecule has 5 rings (SSSR count). The van der Waals surface area contributed by atoms with Crippen LogP contribution in [-0.4, -0.2) is 24.1 Å². The summed E-state index contributed by atoms with van der Waals surface area (Å²) in [5, 5.41) is 16.8. The fraction of sp³-hybridized carbons (Fsp3) is 0.192. The molecule has 2 heterocycles. The molecule has 3 aromatic rings. The lowest BCUT2D eigenvalue weighted by molar-refractivity contribution is -0.114. The van der Waals surface area contributed by atoms with E-state index < -0.39 is 0 Å². The SMILES string of the molecule is CC(=O)Nc1ccccc1-c1ccc2c(c1)Oc1c(O)cccc1C2=C1CCNCC1. The Morgan fingerprint density at radius 1 is 0.968 bits per heavy atom. The number of anilines is 1. The van der Waals surface area contributed by atoms with Crippen LogP contribution in [0.1, 0.15) is 30.9 Å². The fourth-order valence-corrected chi connectivity index (χ4v) is 4.46. The number of carbonyl (C=O) groups is 1. The highest BCUT2D eigenvalue weighted by Crippen LogP contribution is 2.50. The number of amides is 1.